The Bertz CT molecular complexity index is 527. The number of rotatable bonds is 3. The number of carbonyl (C=O) groups is 1. The second kappa shape index (κ2) is 6.24. The maximum absolute atomic E-state index is 12.5. The summed E-state index contributed by atoms with van der Waals surface area (Å²) in [5, 5.41) is 8.00. The topological polar surface area (TPSA) is 55.3 Å². The minimum atomic E-state index is 0.0325. The second-order valence-electron chi connectivity index (χ2n) is 5.81. The molecule has 0 bridgehead atoms. The molecule has 0 unspecified atom stereocenters. The highest BCUT2D eigenvalue weighted by atomic mass is 16.5. The summed E-state index contributed by atoms with van der Waals surface area (Å²) in [7, 11) is 0. The van der Waals surface area contributed by atoms with Gasteiger partial charge in [-0.15, -0.1) is 5.10 Å². The number of hydrogen-bond acceptors (Lipinski definition) is 4. The lowest BCUT2D eigenvalue weighted by molar-refractivity contribution is -0.135. The summed E-state index contributed by atoms with van der Waals surface area (Å²) in [4.78, 5) is 14.4. The molecule has 1 aromatic rings. The zero-order chi connectivity index (χ0) is 14.7. The number of hydrogen-bond donors (Lipinski definition) is 0. The van der Waals surface area contributed by atoms with Crippen LogP contribution in [0.25, 0.3) is 0 Å². The van der Waals surface area contributed by atoms with Gasteiger partial charge in [-0.1, -0.05) is 12.2 Å². The minimum Gasteiger partial charge on any atom is -0.471 e. The third kappa shape index (κ3) is 3.40. The molecule has 5 heteroatoms. The fourth-order valence-corrected chi connectivity index (χ4v) is 2.92. The van der Waals surface area contributed by atoms with E-state index < -0.39 is 0 Å². The van der Waals surface area contributed by atoms with Gasteiger partial charge in [0.1, 0.15) is 6.10 Å². The molecule has 2 heterocycles. The molecule has 0 saturated carbocycles. The maximum Gasteiger partial charge on any atom is 0.233 e. The first-order chi connectivity index (χ1) is 10.2. The van der Waals surface area contributed by atoms with Gasteiger partial charge in [0.2, 0.25) is 11.8 Å². The first kappa shape index (κ1) is 14.0. The van der Waals surface area contributed by atoms with E-state index in [1.165, 1.54) is 0 Å². The molecule has 1 aliphatic carbocycles. The summed E-state index contributed by atoms with van der Waals surface area (Å²) in [5.74, 6) is 0.980. The molecule has 1 saturated heterocycles. The van der Waals surface area contributed by atoms with E-state index >= 15 is 0 Å². The fraction of sp³-hybridized carbons (Fsp3) is 0.562. The van der Waals surface area contributed by atoms with Gasteiger partial charge in [0.15, 0.2) is 0 Å². The molecule has 1 fully saturated rings. The van der Waals surface area contributed by atoms with Crippen molar-refractivity contribution in [2.24, 2.45) is 5.92 Å². The molecule has 0 radical (unpaired) electrons. The van der Waals surface area contributed by atoms with Crippen LogP contribution in [-0.4, -0.2) is 40.2 Å². The van der Waals surface area contributed by atoms with E-state index in [4.69, 9.17) is 4.74 Å². The minimum absolute atomic E-state index is 0.0325. The number of likely N-dealkylation sites (tertiary alicyclic amines) is 1. The predicted molar refractivity (Wildman–Crippen MR) is 78.9 cm³/mol. The first-order valence-electron chi connectivity index (χ1n) is 7.63. The highest BCUT2D eigenvalue weighted by Crippen LogP contribution is 2.24. The molecule has 1 aliphatic heterocycles. The van der Waals surface area contributed by atoms with E-state index in [-0.39, 0.29) is 17.9 Å². The van der Waals surface area contributed by atoms with Crippen molar-refractivity contribution in [3.8, 4) is 5.88 Å². The van der Waals surface area contributed by atoms with Crippen molar-refractivity contribution in [1.82, 2.24) is 15.1 Å². The molecule has 3 rings (SSSR count). The lowest BCUT2D eigenvalue weighted by atomic mass is 9.93. The molecule has 2 aliphatic rings. The Labute approximate surface area is 125 Å². The lowest BCUT2D eigenvalue weighted by Gasteiger charge is -2.24. The third-order valence-corrected chi connectivity index (χ3v) is 4.14. The summed E-state index contributed by atoms with van der Waals surface area (Å²) in [5.41, 5.74) is 0.871. The molecule has 0 spiro atoms. The Morgan fingerprint density at radius 3 is 2.90 bits per heavy atom. The van der Waals surface area contributed by atoms with E-state index in [0.29, 0.717) is 12.4 Å². The van der Waals surface area contributed by atoms with Crippen LogP contribution in [0, 0.1) is 12.8 Å². The third-order valence-electron chi connectivity index (χ3n) is 4.14. The van der Waals surface area contributed by atoms with Crippen LogP contribution >= 0.6 is 0 Å². The summed E-state index contributed by atoms with van der Waals surface area (Å²) in [6.45, 7) is 3.34. The second-order valence-corrected chi connectivity index (χ2v) is 5.81. The Balaban J connectivity index is 1.54. The number of amides is 1. The molecule has 0 aromatic carbocycles. The highest BCUT2D eigenvalue weighted by Gasteiger charge is 2.31. The van der Waals surface area contributed by atoms with Gasteiger partial charge in [-0.05, 0) is 32.3 Å². The molecule has 1 amide bonds. The van der Waals surface area contributed by atoms with E-state index in [2.05, 4.69) is 22.3 Å². The normalized spacial score (nSPS) is 25.1. The number of allylic oxidation sites excluding steroid dienone is 2. The van der Waals surface area contributed by atoms with Crippen LogP contribution in [0.3, 0.4) is 0 Å². The number of nitrogens with zero attached hydrogens (tertiary/aromatic N) is 3. The summed E-state index contributed by atoms with van der Waals surface area (Å²) >= 11 is 0. The lowest BCUT2D eigenvalue weighted by Crippen LogP contribution is -2.36. The smallest absolute Gasteiger partial charge is 0.233 e. The molecule has 21 heavy (non-hydrogen) atoms. The van der Waals surface area contributed by atoms with Crippen molar-refractivity contribution < 1.29 is 9.53 Å². The Kier molecular flexibility index (Phi) is 4.18. The van der Waals surface area contributed by atoms with Crippen LogP contribution in [0.2, 0.25) is 0 Å². The predicted octanol–water partition coefficient (Wildman–Crippen LogP) is 2.12. The maximum atomic E-state index is 12.5. The van der Waals surface area contributed by atoms with Gasteiger partial charge in [-0.3, -0.25) is 4.79 Å². The van der Waals surface area contributed by atoms with Gasteiger partial charge < -0.3 is 9.64 Å². The molecule has 2 atom stereocenters. The SMILES string of the molecule is Cc1ccc(O[C@@H]2CCN(C(=O)[C@@H]3CC=CCC3)C2)nn1. The molecule has 5 nitrogen and oxygen atoms in total. The summed E-state index contributed by atoms with van der Waals surface area (Å²) in [6.07, 6.45) is 8.05. The van der Waals surface area contributed by atoms with Crippen molar-refractivity contribution in [1.29, 1.82) is 0 Å². The average molecular weight is 287 g/mol. The van der Waals surface area contributed by atoms with Crippen molar-refractivity contribution in [3.05, 3.63) is 30.0 Å². The van der Waals surface area contributed by atoms with Gasteiger partial charge in [0.05, 0.1) is 12.2 Å². The van der Waals surface area contributed by atoms with E-state index in [1.54, 1.807) is 0 Å². The Morgan fingerprint density at radius 2 is 2.19 bits per heavy atom. The number of aryl methyl sites for hydroxylation is 1. The average Bonchev–Trinajstić information content (AvgIpc) is 2.98. The molecule has 1 aromatic heterocycles. The zero-order valence-corrected chi connectivity index (χ0v) is 12.4. The Hall–Kier alpha value is -1.91. The highest BCUT2D eigenvalue weighted by molar-refractivity contribution is 5.79. The van der Waals surface area contributed by atoms with Crippen molar-refractivity contribution in [2.75, 3.05) is 13.1 Å². The van der Waals surface area contributed by atoms with Crippen molar-refractivity contribution in [3.63, 3.8) is 0 Å². The monoisotopic (exact) mass is 287 g/mol. The van der Waals surface area contributed by atoms with Crippen LogP contribution in [0.4, 0.5) is 0 Å². The van der Waals surface area contributed by atoms with Crippen molar-refractivity contribution in [2.45, 2.75) is 38.7 Å². The quantitative estimate of drug-likeness (QED) is 0.799. The zero-order valence-electron chi connectivity index (χ0n) is 12.4. The first-order valence-corrected chi connectivity index (χ1v) is 7.63. The summed E-state index contributed by atoms with van der Waals surface area (Å²) in [6, 6.07) is 3.72. The Morgan fingerprint density at radius 1 is 1.29 bits per heavy atom. The summed E-state index contributed by atoms with van der Waals surface area (Å²) < 4.78 is 5.82. The standard InChI is InChI=1S/C16H21N3O2/c1-12-7-8-15(18-17-12)21-14-9-10-19(11-14)16(20)13-5-3-2-4-6-13/h2-3,7-8,13-14H,4-6,9-11H2,1H3/t13-,14-/m1/s1. The molecule has 0 N–H and O–H groups in total. The van der Waals surface area contributed by atoms with Crippen LogP contribution in [-0.2, 0) is 4.79 Å². The number of ether oxygens (including phenoxy) is 1. The molecule has 112 valence electrons. The number of aromatic nitrogens is 2. The van der Waals surface area contributed by atoms with Crippen LogP contribution in [0.5, 0.6) is 5.88 Å². The largest absolute Gasteiger partial charge is 0.471 e. The van der Waals surface area contributed by atoms with Gasteiger partial charge in [-0.2, -0.15) is 5.10 Å². The number of carbonyl (C=O) groups excluding carboxylic acids is 1. The fourth-order valence-electron chi connectivity index (χ4n) is 2.92. The van der Waals surface area contributed by atoms with Gasteiger partial charge in [0.25, 0.3) is 0 Å². The van der Waals surface area contributed by atoms with E-state index in [0.717, 1.165) is 37.9 Å². The van der Waals surface area contributed by atoms with E-state index in [9.17, 15) is 4.79 Å². The molecular formula is C16H21N3O2. The van der Waals surface area contributed by atoms with Crippen LogP contribution in [0.1, 0.15) is 31.4 Å². The van der Waals surface area contributed by atoms with Gasteiger partial charge in [0, 0.05) is 24.9 Å². The van der Waals surface area contributed by atoms with Crippen molar-refractivity contribution >= 4 is 5.91 Å². The van der Waals surface area contributed by atoms with Crippen LogP contribution in [0.15, 0.2) is 24.3 Å². The van der Waals surface area contributed by atoms with E-state index in [1.807, 2.05) is 24.0 Å². The van der Waals surface area contributed by atoms with Crippen LogP contribution < -0.4 is 4.74 Å². The van der Waals surface area contributed by atoms with Gasteiger partial charge >= 0.3 is 0 Å². The molecular weight excluding hydrogens is 266 g/mol. The van der Waals surface area contributed by atoms with Gasteiger partial charge in [-0.25, -0.2) is 0 Å².